The van der Waals surface area contributed by atoms with E-state index in [2.05, 4.69) is 0 Å². The summed E-state index contributed by atoms with van der Waals surface area (Å²) in [5.74, 6) is -3.67. The highest BCUT2D eigenvalue weighted by atomic mass is 19.4. The molecule has 220 valence electrons. The standard InChI is InChI=1S/C29H22F6N2O5/c1-37(27(41)19-12-20(28(30,31)32)14-21(13-19)29(33,34)35)22(8-9-25(39)42-23-15-24(38)36-26(23)40)11-16-6-7-17-4-2-3-5-18(17)10-16/h2-10,12-14,22-23H,11,15H2,1H3,(H,36,38,40). The van der Waals surface area contributed by atoms with Crippen molar-refractivity contribution in [2.45, 2.75) is 37.3 Å². The number of likely N-dealkylation sites (N-methyl/N-ethyl adjacent to an activating group) is 1. The number of fused-ring (bicyclic) bond motifs is 1. The number of ether oxygens (including phenoxy) is 1. The number of esters is 1. The average Bonchev–Trinajstić information content (AvgIpc) is 3.24. The Hall–Kier alpha value is -4.68. The van der Waals surface area contributed by atoms with Crippen LogP contribution in [0.2, 0.25) is 0 Å². The lowest BCUT2D eigenvalue weighted by Gasteiger charge is -2.27. The topological polar surface area (TPSA) is 92.8 Å². The zero-order valence-corrected chi connectivity index (χ0v) is 21.8. The second-order valence-electron chi connectivity index (χ2n) is 9.56. The van der Waals surface area contributed by atoms with Crippen LogP contribution in [0.25, 0.3) is 10.8 Å². The van der Waals surface area contributed by atoms with Gasteiger partial charge in [-0.3, -0.25) is 19.7 Å². The molecule has 13 heteroatoms. The number of imide groups is 1. The van der Waals surface area contributed by atoms with E-state index < -0.39 is 64.9 Å². The van der Waals surface area contributed by atoms with Crippen molar-refractivity contribution in [2.24, 2.45) is 0 Å². The van der Waals surface area contributed by atoms with Crippen molar-refractivity contribution in [1.82, 2.24) is 10.2 Å². The smallest absolute Gasteiger partial charge is 0.416 e. The van der Waals surface area contributed by atoms with Gasteiger partial charge in [-0.05, 0) is 41.0 Å². The first-order chi connectivity index (χ1) is 19.6. The largest absolute Gasteiger partial charge is 0.449 e. The molecule has 1 aliphatic rings. The lowest BCUT2D eigenvalue weighted by atomic mass is 9.99. The van der Waals surface area contributed by atoms with Gasteiger partial charge in [0.2, 0.25) is 5.91 Å². The van der Waals surface area contributed by atoms with Crippen molar-refractivity contribution in [2.75, 3.05) is 7.05 Å². The molecule has 0 spiro atoms. The number of halogens is 6. The average molecular weight is 592 g/mol. The third kappa shape index (κ3) is 7.14. The van der Waals surface area contributed by atoms with Crippen LogP contribution in [0.4, 0.5) is 26.3 Å². The van der Waals surface area contributed by atoms with Gasteiger partial charge in [-0.1, -0.05) is 48.5 Å². The molecule has 4 rings (SSSR count). The van der Waals surface area contributed by atoms with Crippen LogP contribution in [0.5, 0.6) is 0 Å². The molecule has 3 amide bonds. The normalized spacial score (nSPS) is 16.5. The molecule has 42 heavy (non-hydrogen) atoms. The van der Waals surface area contributed by atoms with Crippen LogP contribution in [0.1, 0.15) is 33.5 Å². The fraction of sp³-hybridized carbons (Fsp3) is 0.241. The van der Waals surface area contributed by atoms with E-state index in [0.29, 0.717) is 17.7 Å². The van der Waals surface area contributed by atoms with Crippen molar-refractivity contribution < 1.29 is 50.3 Å². The first-order valence-corrected chi connectivity index (χ1v) is 12.4. The Bertz CT molecular complexity index is 1550. The monoisotopic (exact) mass is 592 g/mol. The van der Waals surface area contributed by atoms with E-state index in [-0.39, 0.29) is 18.9 Å². The SMILES string of the molecule is CN(C(=O)c1cc(C(F)(F)F)cc(C(F)(F)F)c1)C(C=CC(=O)OC1CC(=O)NC1=O)Cc1ccc2ccccc2c1. The molecule has 2 atom stereocenters. The molecular formula is C29H22F6N2O5. The summed E-state index contributed by atoms with van der Waals surface area (Å²) in [6.07, 6.45) is -9.99. The van der Waals surface area contributed by atoms with Gasteiger partial charge in [-0.2, -0.15) is 26.3 Å². The molecular weight excluding hydrogens is 570 g/mol. The molecule has 0 radical (unpaired) electrons. The van der Waals surface area contributed by atoms with E-state index in [1.165, 1.54) is 13.1 Å². The number of carbonyl (C=O) groups is 4. The molecule has 7 nitrogen and oxygen atoms in total. The van der Waals surface area contributed by atoms with Crippen molar-refractivity contribution >= 4 is 34.5 Å². The van der Waals surface area contributed by atoms with E-state index in [4.69, 9.17) is 4.74 Å². The van der Waals surface area contributed by atoms with E-state index in [1.807, 2.05) is 23.5 Å². The van der Waals surface area contributed by atoms with Crippen LogP contribution in [0.3, 0.4) is 0 Å². The molecule has 0 bridgehead atoms. The molecule has 1 aliphatic heterocycles. The Balaban J connectivity index is 1.66. The molecule has 0 aliphatic carbocycles. The summed E-state index contributed by atoms with van der Waals surface area (Å²) < 4.78 is 85.4. The van der Waals surface area contributed by atoms with Crippen molar-refractivity contribution in [3.8, 4) is 0 Å². The van der Waals surface area contributed by atoms with Crippen LogP contribution in [-0.2, 0) is 37.9 Å². The maximum atomic E-state index is 13.4. The van der Waals surface area contributed by atoms with Crippen LogP contribution in [0, 0.1) is 0 Å². The maximum absolute atomic E-state index is 13.4. The van der Waals surface area contributed by atoms with Crippen molar-refractivity contribution in [3.05, 3.63) is 95.1 Å². The summed E-state index contributed by atoms with van der Waals surface area (Å²) in [6, 6.07) is 12.1. The molecule has 1 fully saturated rings. The van der Waals surface area contributed by atoms with Crippen molar-refractivity contribution in [1.29, 1.82) is 0 Å². The number of benzene rings is 3. The first-order valence-electron chi connectivity index (χ1n) is 12.4. The van der Waals surface area contributed by atoms with Crippen molar-refractivity contribution in [3.63, 3.8) is 0 Å². The zero-order chi connectivity index (χ0) is 30.8. The lowest BCUT2D eigenvalue weighted by molar-refractivity contribution is -0.149. The highest BCUT2D eigenvalue weighted by Gasteiger charge is 2.38. The number of hydrogen-bond acceptors (Lipinski definition) is 5. The molecule has 1 saturated heterocycles. The quantitative estimate of drug-likeness (QED) is 0.179. The Morgan fingerprint density at radius 2 is 1.57 bits per heavy atom. The minimum atomic E-state index is -5.16. The third-order valence-electron chi connectivity index (χ3n) is 6.55. The molecule has 3 aromatic rings. The lowest BCUT2D eigenvalue weighted by Crippen LogP contribution is -2.38. The Morgan fingerprint density at radius 3 is 2.14 bits per heavy atom. The summed E-state index contributed by atoms with van der Waals surface area (Å²) in [7, 11) is 1.17. The Kier molecular flexibility index (Phi) is 8.41. The Morgan fingerprint density at radius 1 is 0.952 bits per heavy atom. The van der Waals surface area contributed by atoms with Crippen LogP contribution >= 0.6 is 0 Å². The number of amides is 3. The Labute approximate surface area is 234 Å². The fourth-order valence-electron chi connectivity index (χ4n) is 4.37. The van der Waals surface area contributed by atoms with E-state index in [1.54, 1.807) is 24.3 Å². The van der Waals surface area contributed by atoms with Gasteiger partial charge in [0.15, 0.2) is 6.10 Å². The molecule has 0 aromatic heterocycles. The van der Waals surface area contributed by atoms with Gasteiger partial charge in [0.1, 0.15) is 0 Å². The summed E-state index contributed by atoms with van der Waals surface area (Å²) in [6.45, 7) is 0. The summed E-state index contributed by atoms with van der Waals surface area (Å²) in [4.78, 5) is 49.7. The maximum Gasteiger partial charge on any atom is 0.416 e. The fourth-order valence-corrected chi connectivity index (χ4v) is 4.37. The first kappa shape index (κ1) is 30.3. The number of rotatable bonds is 7. The zero-order valence-electron chi connectivity index (χ0n) is 21.8. The minimum absolute atomic E-state index is 0.00431. The molecule has 1 N–H and O–H groups in total. The number of carbonyl (C=O) groups excluding carboxylic acids is 4. The summed E-state index contributed by atoms with van der Waals surface area (Å²) >= 11 is 0. The van der Waals surface area contributed by atoms with Crippen LogP contribution in [-0.4, -0.2) is 47.8 Å². The van der Waals surface area contributed by atoms with Crippen LogP contribution in [0.15, 0.2) is 72.8 Å². The van der Waals surface area contributed by atoms with Gasteiger partial charge in [0.05, 0.1) is 23.6 Å². The highest BCUT2D eigenvalue weighted by molar-refractivity contribution is 6.06. The van der Waals surface area contributed by atoms with E-state index >= 15 is 0 Å². The molecule has 3 aromatic carbocycles. The summed E-state index contributed by atoms with van der Waals surface area (Å²) in [5, 5.41) is 3.70. The summed E-state index contributed by atoms with van der Waals surface area (Å²) in [5.41, 5.74) is -3.52. The number of nitrogens with zero attached hydrogens (tertiary/aromatic N) is 1. The van der Waals surface area contributed by atoms with E-state index in [0.717, 1.165) is 21.7 Å². The van der Waals surface area contributed by atoms with Gasteiger partial charge in [-0.15, -0.1) is 0 Å². The second kappa shape index (κ2) is 11.7. The highest BCUT2D eigenvalue weighted by Crippen LogP contribution is 2.36. The molecule has 1 heterocycles. The predicted octanol–water partition coefficient (Wildman–Crippen LogP) is 5.08. The number of alkyl halides is 6. The van der Waals surface area contributed by atoms with E-state index in [9.17, 15) is 45.5 Å². The molecule has 0 saturated carbocycles. The number of nitrogens with one attached hydrogen (secondary N) is 1. The third-order valence-corrected chi connectivity index (χ3v) is 6.55. The molecule has 2 unspecified atom stereocenters. The van der Waals surface area contributed by atoms with Gasteiger partial charge >= 0.3 is 18.3 Å². The number of hydrogen-bond donors (Lipinski definition) is 1. The van der Waals surface area contributed by atoms with Gasteiger partial charge in [0, 0.05) is 18.7 Å². The second-order valence-corrected chi connectivity index (χ2v) is 9.56. The van der Waals surface area contributed by atoms with Gasteiger partial charge in [0.25, 0.3) is 11.8 Å². The van der Waals surface area contributed by atoms with Crippen LogP contribution < -0.4 is 5.32 Å². The predicted molar refractivity (Wildman–Crippen MR) is 137 cm³/mol. The van der Waals surface area contributed by atoms with Gasteiger partial charge < -0.3 is 9.64 Å². The van der Waals surface area contributed by atoms with Gasteiger partial charge in [-0.25, -0.2) is 4.79 Å². The minimum Gasteiger partial charge on any atom is -0.449 e.